The lowest BCUT2D eigenvalue weighted by Gasteiger charge is -2.35. The number of hydrogen-bond donors (Lipinski definition) is 1. The lowest BCUT2D eigenvalue weighted by Crippen LogP contribution is -2.45. The van der Waals surface area contributed by atoms with E-state index >= 15 is 0 Å². The molecule has 6 heteroatoms. The molecule has 0 amide bonds. The van der Waals surface area contributed by atoms with Crippen LogP contribution < -0.4 is 5.73 Å². The normalized spacial score (nSPS) is 20.8. The Hall–Kier alpha value is -1.92. The second-order valence-corrected chi connectivity index (χ2v) is 5.79. The molecule has 0 radical (unpaired) electrons. The van der Waals surface area contributed by atoms with Gasteiger partial charge in [-0.25, -0.2) is 0 Å². The molecule has 0 bridgehead atoms. The molecule has 2 aromatic rings. The van der Waals surface area contributed by atoms with E-state index in [1.165, 1.54) is 0 Å². The first-order chi connectivity index (χ1) is 10.0. The van der Waals surface area contributed by atoms with Gasteiger partial charge in [-0.05, 0) is 44.8 Å². The molecule has 1 unspecified atom stereocenters. The number of nitrogen functional groups attached to an aromatic ring is 1. The van der Waals surface area contributed by atoms with Gasteiger partial charge in [0.1, 0.15) is 0 Å². The fourth-order valence-corrected chi connectivity index (χ4v) is 2.59. The SMILES string of the molecule is Cc1cc(-c2nc(C3CN(C)CCN3C)no2)ccc1N. The molecule has 0 aliphatic carbocycles. The lowest BCUT2D eigenvalue weighted by molar-refractivity contribution is 0.108. The van der Waals surface area contributed by atoms with Gasteiger partial charge in [0.15, 0.2) is 5.82 Å². The monoisotopic (exact) mass is 287 g/mol. The zero-order valence-electron chi connectivity index (χ0n) is 12.7. The first-order valence-corrected chi connectivity index (χ1v) is 7.13. The van der Waals surface area contributed by atoms with Crippen LogP contribution in [0.25, 0.3) is 11.5 Å². The molecule has 1 saturated heterocycles. The van der Waals surface area contributed by atoms with E-state index in [9.17, 15) is 0 Å². The molecule has 21 heavy (non-hydrogen) atoms. The molecule has 1 aliphatic rings. The average Bonchev–Trinajstić information content (AvgIpc) is 2.94. The molecule has 3 rings (SSSR count). The predicted octanol–water partition coefficient (Wildman–Crippen LogP) is 1.55. The highest BCUT2D eigenvalue weighted by atomic mass is 16.5. The summed E-state index contributed by atoms with van der Waals surface area (Å²) in [4.78, 5) is 9.13. The van der Waals surface area contributed by atoms with Gasteiger partial charge in [-0.2, -0.15) is 4.98 Å². The molecular formula is C15H21N5O. The summed E-state index contributed by atoms with van der Waals surface area (Å²) >= 11 is 0. The van der Waals surface area contributed by atoms with Gasteiger partial charge in [0, 0.05) is 30.9 Å². The zero-order chi connectivity index (χ0) is 15.0. The highest BCUT2D eigenvalue weighted by Gasteiger charge is 2.28. The largest absolute Gasteiger partial charge is 0.399 e. The Morgan fingerprint density at radius 1 is 1.29 bits per heavy atom. The van der Waals surface area contributed by atoms with Crippen LogP contribution in [0.2, 0.25) is 0 Å². The fraction of sp³-hybridized carbons (Fsp3) is 0.467. The molecule has 112 valence electrons. The lowest BCUT2D eigenvalue weighted by atomic mass is 10.1. The Labute approximate surface area is 124 Å². The van der Waals surface area contributed by atoms with Crippen LogP contribution in [-0.2, 0) is 0 Å². The van der Waals surface area contributed by atoms with Crippen molar-refractivity contribution in [3.8, 4) is 11.5 Å². The van der Waals surface area contributed by atoms with Crippen molar-refractivity contribution in [1.29, 1.82) is 0 Å². The van der Waals surface area contributed by atoms with Crippen LogP contribution in [-0.4, -0.2) is 53.7 Å². The minimum Gasteiger partial charge on any atom is -0.399 e. The summed E-state index contributed by atoms with van der Waals surface area (Å²) in [6.45, 7) is 4.96. The fourth-order valence-electron chi connectivity index (χ4n) is 2.59. The van der Waals surface area contributed by atoms with Crippen molar-refractivity contribution in [2.45, 2.75) is 13.0 Å². The van der Waals surface area contributed by atoms with Gasteiger partial charge >= 0.3 is 0 Å². The minimum absolute atomic E-state index is 0.177. The highest BCUT2D eigenvalue weighted by Crippen LogP contribution is 2.26. The Morgan fingerprint density at radius 3 is 2.86 bits per heavy atom. The number of anilines is 1. The Bertz CT molecular complexity index is 639. The van der Waals surface area contributed by atoms with E-state index in [2.05, 4.69) is 34.0 Å². The number of likely N-dealkylation sites (N-methyl/N-ethyl adjacent to an activating group) is 2. The van der Waals surface area contributed by atoms with Gasteiger partial charge in [0.05, 0.1) is 6.04 Å². The number of hydrogen-bond acceptors (Lipinski definition) is 6. The number of aromatic nitrogens is 2. The van der Waals surface area contributed by atoms with E-state index in [1.807, 2.05) is 25.1 Å². The third-order valence-electron chi connectivity index (χ3n) is 4.11. The predicted molar refractivity (Wildman–Crippen MR) is 81.8 cm³/mol. The third kappa shape index (κ3) is 2.77. The number of aryl methyl sites for hydroxylation is 1. The average molecular weight is 287 g/mol. The quantitative estimate of drug-likeness (QED) is 0.845. The van der Waals surface area contributed by atoms with Crippen LogP contribution in [0.1, 0.15) is 17.4 Å². The van der Waals surface area contributed by atoms with Crippen molar-refractivity contribution in [1.82, 2.24) is 19.9 Å². The maximum atomic E-state index is 5.84. The molecule has 1 atom stereocenters. The van der Waals surface area contributed by atoms with Crippen LogP contribution in [0, 0.1) is 6.92 Å². The van der Waals surface area contributed by atoms with Crippen molar-refractivity contribution in [2.24, 2.45) is 0 Å². The van der Waals surface area contributed by atoms with Gasteiger partial charge < -0.3 is 15.2 Å². The summed E-state index contributed by atoms with van der Waals surface area (Å²) in [6, 6.07) is 5.94. The van der Waals surface area contributed by atoms with Gasteiger partial charge in [-0.1, -0.05) is 5.16 Å². The van der Waals surface area contributed by atoms with Crippen LogP contribution in [0.5, 0.6) is 0 Å². The summed E-state index contributed by atoms with van der Waals surface area (Å²) in [6.07, 6.45) is 0. The standard InChI is InChI=1S/C15H21N5O/c1-10-8-11(4-5-12(10)16)15-17-14(18-21-15)13-9-19(2)6-7-20(13)3/h4-5,8,13H,6-7,9,16H2,1-3H3. The molecule has 0 spiro atoms. The maximum absolute atomic E-state index is 5.84. The zero-order valence-corrected chi connectivity index (χ0v) is 12.7. The van der Waals surface area contributed by atoms with Crippen molar-refractivity contribution in [3.63, 3.8) is 0 Å². The van der Waals surface area contributed by atoms with Gasteiger partial charge in [0.2, 0.25) is 0 Å². The van der Waals surface area contributed by atoms with E-state index in [-0.39, 0.29) is 6.04 Å². The van der Waals surface area contributed by atoms with Gasteiger partial charge in [-0.3, -0.25) is 4.90 Å². The van der Waals surface area contributed by atoms with Crippen LogP contribution >= 0.6 is 0 Å². The minimum atomic E-state index is 0.177. The molecule has 1 aromatic heterocycles. The topological polar surface area (TPSA) is 71.4 Å². The van der Waals surface area contributed by atoms with Crippen molar-refractivity contribution in [2.75, 3.05) is 39.5 Å². The smallest absolute Gasteiger partial charge is 0.257 e. The number of nitrogens with two attached hydrogens (primary N) is 1. The maximum Gasteiger partial charge on any atom is 0.257 e. The summed E-state index contributed by atoms with van der Waals surface area (Å²) in [7, 11) is 4.21. The third-order valence-corrected chi connectivity index (χ3v) is 4.11. The van der Waals surface area contributed by atoms with E-state index in [4.69, 9.17) is 10.3 Å². The number of benzene rings is 1. The van der Waals surface area contributed by atoms with E-state index in [0.717, 1.165) is 42.3 Å². The number of rotatable bonds is 2. The highest BCUT2D eigenvalue weighted by molar-refractivity contribution is 5.60. The molecule has 1 aromatic carbocycles. The van der Waals surface area contributed by atoms with Crippen LogP contribution in [0.4, 0.5) is 5.69 Å². The second-order valence-electron chi connectivity index (χ2n) is 5.79. The van der Waals surface area contributed by atoms with Crippen LogP contribution in [0.15, 0.2) is 22.7 Å². The Balaban J connectivity index is 1.87. The van der Waals surface area contributed by atoms with Crippen molar-refractivity contribution in [3.05, 3.63) is 29.6 Å². The first-order valence-electron chi connectivity index (χ1n) is 7.13. The Morgan fingerprint density at radius 2 is 2.10 bits per heavy atom. The summed E-state index contributed by atoms with van der Waals surface area (Å²) in [5.41, 5.74) is 8.54. The summed E-state index contributed by atoms with van der Waals surface area (Å²) in [5, 5.41) is 4.17. The molecule has 1 aliphatic heterocycles. The summed E-state index contributed by atoms with van der Waals surface area (Å²) in [5.74, 6) is 1.29. The first kappa shape index (κ1) is 14.0. The van der Waals surface area contributed by atoms with Gasteiger partial charge in [0.25, 0.3) is 5.89 Å². The van der Waals surface area contributed by atoms with E-state index in [1.54, 1.807) is 0 Å². The van der Waals surface area contributed by atoms with E-state index < -0.39 is 0 Å². The molecule has 2 N–H and O–H groups in total. The molecule has 2 heterocycles. The molecule has 6 nitrogen and oxygen atoms in total. The molecular weight excluding hydrogens is 266 g/mol. The van der Waals surface area contributed by atoms with Gasteiger partial charge in [-0.15, -0.1) is 0 Å². The van der Waals surface area contributed by atoms with Crippen molar-refractivity contribution < 1.29 is 4.52 Å². The second kappa shape index (κ2) is 5.46. The summed E-state index contributed by atoms with van der Waals surface area (Å²) < 4.78 is 5.44. The van der Waals surface area contributed by atoms with E-state index in [0.29, 0.717) is 5.89 Å². The number of nitrogens with zero attached hydrogens (tertiary/aromatic N) is 4. The van der Waals surface area contributed by atoms with Crippen LogP contribution in [0.3, 0.4) is 0 Å². The van der Waals surface area contributed by atoms with Crippen molar-refractivity contribution >= 4 is 5.69 Å². The molecule has 0 saturated carbocycles. The number of piperazine rings is 1. The molecule has 1 fully saturated rings. The Kier molecular flexibility index (Phi) is 3.65.